The SMILES string of the molecule is OC(CC1CCNCC1)c1cn[nH]c1. The third-order valence-electron chi connectivity index (χ3n) is 2.92. The fourth-order valence-electron chi connectivity index (χ4n) is 2.01. The fraction of sp³-hybridized carbons (Fsp3) is 0.700. The Bertz CT molecular complexity index is 254. The van der Waals surface area contributed by atoms with Crippen molar-refractivity contribution in [2.45, 2.75) is 25.4 Å². The number of hydrogen-bond acceptors (Lipinski definition) is 3. The van der Waals surface area contributed by atoms with Crippen LogP contribution in [0.1, 0.15) is 30.9 Å². The predicted molar refractivity (Wildman–Crippen MR) is 53.8 cm³/mol. The summed E-state index contributed by atoms with van der Waals surface area (Å²) in [5.74, 6) is 0.654. The number of aliphatic hydroxyl groups excluding tert-OH is 1. The lowest BCUT2D eigenvalue weighted by Gasteiger charge is -2.24. The molecule has 4 nitrogen and oxygen atoms in total. The molecule has 14 heavy (non-hydrogen) atoms. The summed E-state index contributed by atoms with van der Waals surface area (Å²) in [7, 11) is 0. The van der Waals surface area contributed by atoms with Crippen LogP contribution in [-0.4, -0.2) is 28.4 Å². The number of nitrogens with one attached hydrogen (secondary N) is 2. The Morgan fingerprint density at radius 3 is 2.93 bits per heavy atom. The summed E-state index contributed by atoms with van der Waals surface area (Å²) in [5.41, 5.74) is 0.906. The third-order valence-corrected chi connectivity index (χ3v) is 2.92. The highest BCUT2D eigenvalue weighted by Gasteiger charge is 2.18. The summed E-state index contributed by atoms with van der Waals surface area (Å²) < 4.78 is 0. The molecule has 0 amide bonds. The second-order valence-electron chi connectivity index (χ2n) is 3.98. The van der Waals surface area contributed by atoms with Gasteiger partial charge in [-0.1, -0.05) is 0 Å². The average Bonchev–Trinajstić information content (AvgIpc) is 2.72. The molecule has 3 N–H and O–H groups in total. The smallest absolute Gasteiger partial charge is 0.0823 e. The first kappa shape index (κ1) is 9.68. The Labute approximate surface area is 83.7 Å². The molecule has 1 saturated heterocycles. The zero-order valence-corrected chi connectivity index (χ0v) is 8.24. The van der Waals surface area contributed by atoms with Crippen molar-refractivity contribution in [3.63, 3.8) is 0 Å². The maximum Gasteiger partial charge on any atom is 0.0823 e. The molecule has 0 aromatic carbocycles. The second-order valence-corrected chi connectivity index (χ2v) is 3.98. The van der Waals surface area contributed by atoms with Crippen LogP contribution < -0.4 is 5.32 Å². The van der Waals surface area contributed by atoms with Gasteiger partial charge in [0.15, 0.2) is 0 Å². The van der Waals surface area contributed by atoms with Gasteiger partial charge < -0.3 is 10.4 Å². The quantitative estimate of drug-likeness (QED) is 0.669. The van der Waals surface area contributed by atoms with Gasteiger partial charge in [0.05, 0.1) is 12.3 Å². The van der Waals surface area contributed by atoms with Gasteiger partial charge >= 0.3 is 0 Å². The monoisotopic (exact) mass is 195 g/mol. The van der Waals surface area contributed by atoms with Crippen LogP contribution in [0.2, 0.25) is 0 Å². The van der Waals surface area contributed by atoms with Crippen LogP contribution in [-0.2, 0) is 0 Å². The first-order chi connectivity index (χ1) is 6.86. The van der Waals surface area contributed by atoms with E-state index in [0.29, 0.717) is 5.92 Å². The molecule has 0 bridgehead atoms. The van der Waals surface area contributed by atoms with E-state index in [0.717, 1.165) is 25.1 Å². The van der Waals surface area contributed by atoms with E-state index >= 15 is 0 Å². The molecule has 1 fully saturated rings. The van der Waals surface area contributed by atoms with Gasteiger partial charge in [-0.15, -0.1) is 0 Å². The van der Waals surface area contributed by atoms with E-state index in [1.54, 1.807) is 12.4 Å². The maximum atomic E-state index is 9.88. The fourth-order valence-corrected chi connectivity index (χ4v) is 2.01. The van der Waals surface area contributed by atoms with E-state index in [-0.39, 0.29) is 6.10 Å². The first-order valence-electron chi connectivity index (χ1n) is 5.23. The second kappa shape index (κ2) is 4.57. The molecule has 0 radical (unpaired) electrons. The van der Waals surface area contributed by atoms with Crippen molar-refractivity contribution in [2.75, 3.05) is 13.1 Å². The van der Waals surface area contributed by atoms with Gasteiger partial charge in [0.2, 0.25) is 0 Å². The first-order valence-corrected chi connectivity index (χ1v) is 5.23. The van der Waals surface area contributed by atoms with Gasteiger partial charge in [0.25, 0.3) is 0 Å². The van der Waals surface area contributed by atoms with Gasteiger partial charge in [-0.25, -0.2) is 0 Å². The molecule has 1 unspecified atom stereocenters. The van der Waals surface area contributed by atoms with E-state index in [1.165, 1.54) is 12.8 Å². The number of rotatable bonds is 3. The molecule has 1 aliphatic heterocycles. The van der Waals surface area contributed by atoms with Gasteiger partial charge in [-0.3, -0.25) is 5.10 Å². The summed E-state index contributed by atoms with van der Waals surface area (Å²) >= 11 is 0. The number of piperidine rings is 1. The minimum Gasteiger partial charge on any atom is -0.388 e. The normalized spacial score (nSPS) is 20.9. The predicted octanol–water partition coefficient (Wildman–Crippen LogP) is 0.833. The van der Waals surface area contributed by atoms with Crippen LogP contribution in [0.3, 0.4) is 0 Å². The highest BCUT2D eigenvalue weighted by molar-refractivity contribution is 5.06. The molecule has 2 heterocycles. The molecule has 4 heteroatoms. The van der Waals surface area contributed by atoms with Crippen molar-refractivity contribution < 1.29 is 5.11 Å². The average molecular weight is 195 g/mol. The van der Waals surface area contributed by atoms with Crippen LogP contribution in [0, 0.1) is 5.92 Å². The van der Waals surface area contributed by atoms with Crippen LogP contribution in [0.25, 0.3) is 0 Å². The van der Waals surface area contributed by atoms with Crippen molar-refractivity contribution in [3.05, 3.63) is 18.0 Å². The highest BCUT2D eigenvalue weighted by atomic mass is 16.3. The van der Waals surface area contributed by atoms with Gasteiger partial charge in [-0.2, -0.15) is 5.10 Å². The zero-order valence-electron chi connectivity index (χ0n) is 8.24. The van der Waals surface area contributed by atoms with Gasteiger partial charge in [-0.05, 0) is 38.3 Å². The zero-order chi connectivity index (χ0) is 9.80. The van der Waals surface area contributed by atoms with Gasteiger partial charge in [0.1, 0.15) is 0 Å². The topological polar surface area (TPSA) is 60.9 Å². The van der Waals surface area contributed by atoms with Crippen LogP contribution in [0.15, 0.2) is 12.4 Å². The van der Waals surface area contributed by atoms with E-state index in [4.69, 9.17) is 0 Å². The van der Waals surface area contributed by atoms with Crippen LogP contribution >= 0.6 is 0 Å². The highest BCUT2D eigenvalue weighted by Crippen LogP contribution is 2.25. The van der Waals surface area contributed by atoms with Gasteiger partial charge in [0, 0.05) is 11.8 Å². The lowest BCUT2D eigenvalue weighted by Crippen LogP contribution is -2.28. The van der Waals surface area contributed by atoms with E-state index in [1.807, 2.05) is 0 Å². The van der Waals surface area contributed by atoms with Crippen LogP contribution in [0.4, 0.5) is 0 Å². The Hall–Kier alpha value is -0.870. The number of aromatic amines is 1. The minimum atomic E-state index is -0.350. The van der Waals surface area contributed by atoms with Crippen molar-refractivity contribution in [1.82, 2.24) is 15.5 Å². The standard InChI is InChI=1S/C10H17N3O/c14-10(9-6-12-13-7-9)5-8-1-3-11-4-2-8/h6-8,10-11,14H,1-5H2,(H,12,13). The van der Waals surface area contributed by atoms with E-state index in [2.05, 4.69) is 15.5 Å². The molecule has 0 aliphatic carbocycles. The largest absolute Gasteiger partial charge is 0.388 e. The van der Waals surface area contributed by atoms with E-state index in [9.17, 15) is 5.11 Å². The molecule has 2 rings (SSSR count). The molecular weight excluding hydrogens is 178 g/mol. The molecule has 1 aromatic rings. The lowest BCUT2D eigenvalue weighted by atomic mass is 9.90. The number of aromatic nitrogens is 2. The van der Waals surface area contributed by atoms with Crippen LogP contribution in [0.5, 0.6) is 0 Å². The molecular formula is C10H17N3O. The summed E-state index contributed by atoms with van der Waals surface area (Å²) in [5, 5.41) is 19.8. The molecule has 0 spiro atoms. The Morgan fingerprint density at radius 1 is 1.50 bits per heavy atom. The Morgan fingerprint density at radius 2 is 2.29 bits per heavy atom. The summed E-state index contributed by atoms with van der Waals surface area (Å²) in [4.78, 5) is 0. The molecule has 78 valence electrons. The Kier molecular flexibility index (Phi) is 3.16. The molecule has 0 saturated carbocycles. The maximum absolute atomic E-state index is 9.88. The van der Waals surface area contributed by atoms with Crippen molar-refractivity contribution in [3.8, 4) is 0 Å². The Balaban J connectivity index is 1.84. The number of H-pyrrole nitrogens is 1. The van der Waals surface area contributed by atoms with E-state index < -0.39 is 0 Å². The van der Waals surface area contributed by atoms with Crippen molar-refractivity contribution >= 4 is 0 Å². The molecule has 1 aromatic heterocycles. The number of aliphatic hydroxyl groups is 1. The van der Waals surface area contributed by atoms with Crippen molar-refractivity contribution in [1.29, 1.82) is 0 Å². The number of hydrogen-bond donors (Lipinski definition) is 3. The summed E-state index contributed by atoms with van der Waals surface area (Å²) in [6.07, 6.45) is 6.33. The molecule has 1 atom stereocenters. The minimum absolute atomic E-state index is 0.350. The lowest BCUT2D eigenvalue weighted by molar-refractivity contribution is 0.133. The van der Waals surface area contributed by atoms with Crippen molar-refractivity contribution in [2.24, 2.45) is 5.92 Å². The molecule has 1 aliphatic rings. The number of nitrogens with zero attached hydrogens (tertiary/aromatic N) is 1. The summed E-state index contributed by atoms with van der Waals surface area (Å²) in [6.45, 7) is 2.17. The third kappa shape index (κ3) is 2.33. The summed E-state index contributed by atoms with van der Waals surface area (Å²) in [6, 6.07) is 0.